The number of fused-ring (bicyclic) bond motifs is 15. The Balaban J connectivity index is 0.738. The third-order valence-electron chi connectivity index (χ3n) is 28.3. The molecule has 0 unspecified atom stereocenters. The molecule has 0 bridgehead atoms. The van der Waals surface area contributed by atoms with Crippen molar-refractivity contribution in [1.29, 1.82) is 0 Å². The van der Waals surface area contributed by atoms with Crippen molar-refractivity contribution in [3.05, 3.63) is 586 Å². The molecule has 25 rings (SSSR count). The van der Waals surface area contributed by atoms with Crippen LogP contribution in [0.5, 0.6) is 0 Å². The third-order valence-corrected chi connectivity index (χ3v) is 28.3. The number of rotatable bonds is 15. The van der Waals surface area contributed by atoms with Crippen LogP contribution in [0.15, 0.2) is 497 Å². The van der Waals surface area contributed by atoms with Crippen LogP contribution >= 0.6 is 0 Å². The Hall–Kier alpha value is -16.0. The van der Waals surface area contributed by atoms with E-state index in [4.69, 9.17) is 0 Å². The van der Waals surface area contributed by atoms with Gasteiger partial charge in [0.05, 0.1) is 32.7 Å². The number of nitrogens with zero attached hydrogens (tertiary/aromatic N) is 2. The molecule has 1 aromatic heterocycles. The normalized spacial score (nSPS) is 14.0. The van der Waals surface area contributed by atoms with Crippen molar-refractivity contribution in [2.45, 2.75) is 21.7 Å². The lowest BCUT2D eigenvalue weighted by Crippen LogP contribution is -2.35. The molecular weight excluding hydrogens is 1520 g/mol. The second-order valence-electron chi connectivity index (χ2n) is 34.3. The van der Waals surface area contributed by atoms with Crippen LogP contribution in [-0.4, -0.2) is 4.57 Å². The van der Waals surface area contributed by atoms with E-state index in [-0.39, 0.29) is 0 Å². The van der Waals surface area contributed by atoms with Crippen LogP contribution in [0, 0.1) is 0 Å². The van der Waals surface area contributed by atoms with E-state index in [9.17, 15) is 0 Å². The van der Waals surface area contributed by atoms with Gasteiger partial charge in [0.25, 0.3) is 0 Å². The quantitative estimate of drug-likeness (QED) is 0.0993. The zero-order valence-electron chi connectivity index (χ0n) is 69.2. The lowest BCUT2D eigenvalue weighted by Gasteiger charge is -2.41. The van der Waals surface area contributed by atoms with Crippen LogP contribution in [-0.2, 0) is 21.7 Å². The molecule has 0 spiro atoms. The standard InChI is InChI=1S/C124H82N2/c1-6-32-89(33-7-1)121(90-34-8-2-9-35-90)111-50-24-22-48-107(111)108-76-66-88(79-118(108)121)86-62-72-93(73-63-86)124(116-55-29-20-46-105(116)106-47-21-30-56-117(106)124)96-81-94(122(112-51-25-16-42-101(112)102-43-17-26-52-113(102)122)91-68-58-83(59-69-91)84-64-74-100(75-65-84)125(97-36-10-3-11-37-97)98-38-12-4-13-39-98)80-95(82-96)123(114-53-27-18-44-103(114)104-45-19-28-54-115(104)123)92-70-60-85(61-71-92)87-67-77-120-110(78-87)109-49-23-31-57-119(109)126(120)99-40-14-5-15-41-99/h1-82H. The first-order chi connectivity index (χ1) is 62.5. The van der Waals surface area contributed by atoms with Crippen LogP contribution in [0.4, 0.5) is 17.1 Å². The number of para-hydroxylation sites is 4. The molecule has 20 aromatic carbocycles. The summed E-state index contributed by atoms with van der Waals surface area (Å²) in [6.07, 6.45) is 0. The van der Waals surface area contributed by atoms with E-state index in [1.807, 2.05) is 0 Å². The molecule has 0 aliphatic heterocycles. The molecule has 0 N–H and O–H groups in total. The van der Waals surface area contributed by atoms with E-state index in [0.717, 1.165) is 50.6 Å². The fraction of sp³-hybridized carbons (Fsp3) is 0.0323. The number of benzene rings is 20. The first-order valence-electron chi connectivity index (χ1n) is 44.0. The van der Waals surface area contributed by atoms with E-state index in [0.29, 0.717) is 0 Å². The Morgan fingerprint density at radius 2 is 0.405 bits per heavy atom. The Morgan fingerprint density at radius 3 is 0.786 bits per heavy atom. The summed E-state index contributed by atoms with van der Waals surface area (Å²) in [5.41, 5.74) is 40.1. The smallest absolute Gasteiger partial charge is 0.0713 e. The average molecular weight is 1600 g/mol. The Bertz CT molecular complexity index is 7630. The van der Waals surface area contributed by atoms with Gasteiger partial charge in [0.2, 0.25) is 0 Å². The fourth-order valence-corrected chi connectivity index (χ4v) is 23.1. The highest BCUT2D eigenvalue weighted by molar-refractivity contribution is 6.11. The number of hydrogen-bond acceptors (Lipinski definition) is 1. The van der Waals surface area contributed by atoms with E-state index < -0.39 is 21.7 Å². The van der Waals surface area contributed by atoms with Gasteiger partial charge in [-0.1, -0.05) is 425 Å². The average Bonchev–Trinajstić information content (AvgIpc) is 1.50. The molecule has 0 saturated carbocycles. The molecular formula is C124H82N2. The minimum atomic E-state index is -0.901. The van der Waals surface area contributed by atoms with Gasteiger partial charge in [-0.25, -0.2) is 0 Å². The summed E-state index contributed by atoms with van der Waals surface area (Å²) in [7, 11) is 0. The van der Waals surface area contributed by atoms with Crippen molar-refractivity contribution in [3.8, 4) is 83.6 Å². The summed E-state index contributed by atoms with van der Waals surface area (Å²) >= 11 is 0. The predicted octanol–water partition coefficient (Wildman–Crippen LogP) is 30.7. The molecule has 4 aliphatic carbocycles. The van der Waals surface area contributed by atoms with Gasteiger partial charge in [0.1, 0.15) is 0 Å². The number of aromatic nitrogens is 1. The lowest BCUT2D eigenvalue weighted by molar-refractivity contribution is 0.713. The predicted molar refractivity (Wildman–Crippen MR) is 521 cm³/mol. The SMILES string of the molecule is c1ccc(N(c2ccccc2)c2ccc(-c3ccc(C4(c5cc(C6(c7ccc(-c8ccc9c(c8)C(c8ccccc8)(c8ccccc8)c8ccccc8-9)cc7)c7ccccc7-c7ccccc76)cc(C6(c7ccc(-c8ccc9c(c8)c8ccccc8n9-c8ccccc8)cc7)c7ccccc7-c7ccccc76)c5)c5ccccc5-c5ccccc54)cc3)cc2)cc1. The summed E-state index contributed by atoms with van der Waals surface area (Å²) in [6.45, 7) is 0. The van der Waals surface area contributed by atoms with Crippen LogP contribution in [0.25, 0.3) is 105 Å². The van der Waals surface area contributed by atoms with Gasteiger partial charge in [0, 0.05) is 33.5 Å². The van der Waals surface area contributed by atoms with E-state index in [1.165, 1.54) is 161 Å². The minimum absolute atomic E-state index is 0.559. The molecule has 0 fully saturated rings. The van der Waals surface area contributed by atoms with Gasteiger partial charge in [-0.2, -0.15) is 0 Å². The molecule has 2 nitrogen and oxygen atoms in total. The highest BCUT2D eigenvalue weighted by Gasteiger charge is 2.54. The fourth-order valence-electron chi connectivity index (χ4n) is 23.1. The zero-order chi connectivity index (χ0) is 83.1. The van der Waals surface area contributed by atoms with Gasteiger partial charge in [0.15, 0.2) is 0 Å². The first-order valence-corrected chi connectivity index (χ1v) is 44.0. The third kappa shape index (κ3) is 10.6. The highest BCUT2D eigenvalue weighted by atomic mass is 15.1. The molecule has 588 valence electrons. The zero-order valence-corrected chi connectivity index (χ0v) is 69.2. The summed E-state index contributed by atoms with van der Waals surface area (Å²) in [4.78, 5) is 2.34. The molecule has 1 heterocycles. The Kier molecular flexibility index (Phi) is 16.7. The van der Waals surface area contributed by atoms with Crippen molar-refractivity contribution in [2.24, 2.45) is 0 Å². The first kappa shape index (κ1) is 72.8. The Morgan fingerprint density at radius 1 is 0.151 bits per heavy atom. The minimum Gasteiger partial charge on any atom is -0.311 e. The second-order valence-corrected chi connectivity index (χ2v) is 34.3. The molecule has 21 aromatic rings. The van der Waals surface area contributed by atoms with E-state index in [2.05, 4.69) is 507 Å². The summed E-state index contributed by atoms with van der Waals surface area (Å²) in [5.74, 6) is 0. The van der Waals surface area contributed by atoms with Crippen molar-refractivity contribution >= 4 is 38.9 Å². The van der Waals surface area contributed by atoms with Gasteiger partial charge >= 0.3 is 0 Å². The monoisotopic (exact) mass is 1600 g/mol. The lowest BCUT2D eigenvalue weighted by atomic mass is 9.60. The van der Waals surface area contributed by atoms with E-state index in [1.54, 1.807) is 0 Å². The molecule has 0 atom stereocenters. The van der Waals surface area contributed by atoms with Crippen molar-refractivity contribution in [1.82, 2.24) is 4.57 Å². The van der Waals surface area contributed by atoms with Gasteiger partial charge in [-0.15, -0.1) is 0 Å². The summed E-state index contributed by atoms with van der Waals surface area (Å²) in [5, 5.41) is 2.45. The van der Waals surface area contributed by atoms with E-state index >= 15 is 0 Å². The Labute approximate surface area is 734 Å². The van der Waals surface area contributed by atoms with Crippen LogP contribution in [0.3, 0.4) is 0 Å². The number of anilines is 3. The van der Waals surface area contributed by atoms with Crippen LogP contribution in [0.1, 0.15) is 89.0 Å². The molecule has 2 heteroatoms. The maximum Gasteiger partial charge on any atom is 0.0713 e. The van der Waals surface area contributed by atoms with Crippen molar-refractivity contribution in [3.63, 3.8) is 0 Å². The highest BCUT2D eigenvalue weighted by Crippen LogP contribution is 2.65. The molecule has 126 heavy (non-hydrogen) atoms. The topological polar surface area (TPSA) is 8.17 Å². The summed E-state index contributed by atoms with van der Waals surface area (Å²) in [6, 6.07) is 189. The second kappa shape index (κ2) is 28.8. The largest absolute Gasteiger partial charge is 0.311 e. The molecule has 4 aliphatic rings. The van der Waals surface area contributed by atoms with Crippen molar-refractivity contribution < 1.29 is 0 Å². The summed E-state index contributed by atoms with van der Waals surface area (Å²) < 4.78 is 2.41. The molecule has 0 saturated heterocycles. The van der Waals surface area contributed by atoms with Crippen molar-refractivity contribution in [2.75, 3.05) is 4.90 Å². The van der Waals surface area contributed by atoms with Crippen LogP contribution < -0.4 is 4.90 Å². The number of hydrogen-bond donors (Lipinski definition) is 0. The maximum absolute atomic E-state index is 2.67. The van der Waals surface area contributed by atoms with Gasteiger partial charge in [-0.3, -0.25) is 0 Å². The van der Waals surface area contributed by atoms with Gasteiger partial charge in [-0.05, 0) is 240 Å². The maximum atomic E-state index is 2.67. The molecule has 0 radical (unpaired) electrons. The van der Waals surface area contributed by atoms with Gasteiger partial charge < -0.3 is 9.47 Å². The van der Waals surface area contributed by atoms with Crippen LogP contribution in [0.2, 0.25) is 0 Å². The molecule has 0 amide bonds.